The average Bonchev–Trinajstić information content (AvgIpc) is 2.14. The molecule has 0 rings (SSSR count). The van der Waals surface area contributed by atoms with E-state index in [0.717, 1.165) is 0 Å². The first-order valence-electron chi connectivity index (χ1n) is 5.84. The molecule has 0 heterocycles. The Bertz CT molecular complexity index is 233. The first-order chi connectivity index (χ1) is 8.59. The third-order valence-corrected chi connectivity index (χ3v) is 2.08. The third-order valence-electron chi connectivity index (χ3n) is 2.08. The predicted molar refractivity (Wildman–Crippen MR) is 66.0 cm³/mol. The summed E-state index contributed by atoms with van der Waals surface area (Å²) in [5.41, 5.74) is 0. The maximum Gasteiger partial charge on any atom is 0.303 e. The molecule has 19 heavy (non-hydrogen) atoms. The van der Waals surface area contributed by atoms with Gasteiger partial charge in [-0.3, -0.25) is 9.59 Å². The van der Waals surface area contributed by atoms with Gasteiger partial charge in [-0.05, 0) is 27.2 Å². The van der Waals surface area contributed by atoms with Crippen molar-refractivity contribution in [1.29, 1.82) is 0 Å². The lowest BCUT2D eigenvalue weighted by Crippen LogP contribution is -2.45. The summed E-state index contributed by atoms with van der Waals surface area (Å²) < 4.78 is 0. The number of hydrogen-bond acceptors (Lipinski definition) is 6. The zero-order valence-corrected chi connectivity index (χ0v) is 11.4. The summed E-state index contributed by atoms with van der Waals surface area (Å²) in [5, 5.41) is 42.9. The Labute approximate surface area is 111 Å². The number of aliphatic hydroxyl groups is 3. The van der Waals surface area contributed by atoms with Crippen LogP contribution in [0.4, 0.5) is 0 Å². The molecule has 114 valence electrons. The summed E-state index contributed by atoms with van der Waals surface area (Å²) in [4.78, 5) is 20.7. The molecule has 3 unspecified atom stereocenters. The molecule has 0 fully saturated rings. The maximum absolute atomic E-state index is 9.79. The number of hydrogen-bond donors (Lipinski definition) is 5. The van der Waals surface area contributed by atoms with E-state index in [2.05, 4.69) is 0 Å². The molecule has 0 aliphatic rings. The molecular formula is C11H23NO7. The minimum atomic E-state index is -0.948. The van der Waals surface area contributed by atoms with E-state index in [4.69, 9.17) is 25.5 Å². The molecule has 0 aromatic heterocycles. The minimum absolute atomic E-state index is 0.0632. The highest BCUT2D eigenvalue weighted by atomic mass is 16.4. The van der Waals surface area contributed by atoms with E-state index in [1.54, 1.807) is 0 Å². The zero-order chi connectivity index (χ0) is 15.6. The number of rotatable bonds is 7. The molecule has 0 saturated carbocycles. The second-order valence-electron chi connectivity index (χ2n) is 3.98. The summed E-state index contributed by atoms with van der Waals surface area (Å²) in [6.45, 7) is 4.46. The normalized spacial score (nSPS) is 15.1. The molecule has 3 atom stereocenters. The molecule has 8 nitrogen and oxygen atoms in total. The van der Waals surface area contributed by atoms with Crippen LogP contribution in [-0.2, 0) is 9.59 Å². The van der Waals surface area contributed by atoms with Gasteiger partial charge in [-0.2, -0.15) is 0 Å². The van der Waals surface area contributed by atoms with Crippen LogP contribution in [0.3, 0.4) is 0 Å². The van der Waals surface area contributed by atoms with Crippen molar-refractivity contribution < 1.29 is 35.1 Å². The van der Waals surface area contributed by atoms with Gasteiger partial charge in [0.25, 0.3) is 0 Å². The highest BCUT2D eigenvalue weighted by Gasteiger charge is 2.20. The van der Waals surface area contributed by atoms with Crippen LogP contribution in [0.15, 0.2) is 0 Å². The molecule has 0 aromatic rings. The van der Waals surface area contributed by atoms with Gasteiger partial charge in [0, 0.05) is 12.8 Å². The lowest BCUT2D eigenvalue weighted by molar-refractivity contribution is -0.159. The van der Waals surface area contributed by atoms with Gasteiger partial charge >= 0.3 is 11.9 Å². The zero-order valence-electron chi connectivity index (χ0n) is 11.4. The van der Waals surface area contributed by atoms with Crippen LogP contribution in [0.1, 0.15) is 40.0 Å². The molecule has 0 aromatic carbocycles. The van der Waals surface area contributed by atoms with Crippen molar-refractivity contribution in [3.8, 4) is 0 Å². The fourth-order valence-corrected chi connectivity index (χ4v) is 1.33. The monoisotopic (exact) mass is 281 g/mol. The van der Waals surface area contributed by atoms with Gasteiger partial charge in [0.2, 0.25) is 0 Å². The highest BCUT2D eigenvalue weighted by molar-refractivity contribution is 5.69. The second kappa shape index (κ2) is 10.7. The third kappa shape index (κ3) is 13.0. The molecule has 0 saturated heterocycles. The number of carbonyl (C=O) groups is 2. The number of aliphatic hydroxyl groups excluding tert-OH is 3. The summed E-state index contributed by atoms with van der Waals surface area (Å²) in [6, 6.07) is 0. The maximum atomic E-state index is 9.79. The van der Waals surface area contributed by atoms with E-state index in [1.165, 1.54) is 25.7 Å². The van der Waals surface area contributed by atoms with Crippen molar-refractivity contribution in [2.24, 2.45) is 0 Å². The molecule has 0 spiro atoms. The van der Waals surface area contributed by atoms with Crippen molar-refractivity contribution in [1.82, 2.24) is 4.90 Å². The van der Waals surface area contributed by atoms with Crippen molar-refractivity contribution in [2.45, 2.75) is 58.7 Å². The van der Waals surface area contributed by atoms with Gasteiger partial charge in [-0.1, -0.05) is 0 Å². The van der Waals surface area contributed by atoms with E-state index in [0.29, 0.717) is 0 Å². The Morgan fingerprint density at radius 3 is 1.21 bits per heavy atom. The van der Waals surface area contributed by atoms with E-state index in [9.17, 15) is 9.59 Å². The van der Waals surface area contributed by atoms with Crippen molar-refractivity contribution >= 4 is 11.9 Å². The minimum Gasteiger partial charge on any atom is -0.481 e. The topological polar surface area (TPSA) is 139 Å². The lowest BCUT2D eigenvalue weighted by Gasteiger charge is -2.30. The van der Waals surface area contributed by atoms with Crippen LogP contribution in [0.2, 0.25) is 0 Å². The van der Waals surface area contributed by atoms with Crippen molar-refractivity contribution in [3.63, 3.8) is 0 Å². The smallest absolute Gasteiger partial charge is 0.303 e. The number of nitrogens with zero attached hydrogens (tertiary/aromatic N) is 1. The summed E-state index contributed by atoms with van der Waals surface area (Å²) >= 11 is 0. The van der Waals surface area contributed by atoms with Crippen LogP contribution in [0.25, 0.3) is 0 Å². The van der Waals surface area contributed by atoms with Crippen LogP contribution < -0.4 is 0 Å². The second-order valence-corrected chi connectivity index (χ2v) is 3.98. The van der Waals surface area contributed by atoms with E-state index in [1.807, 2.05) is 0 Å². The number of carboxylic acids is 2. The van der Waals surface area contributed by atoms with Gasteiger partial charge in [-0.15, -0.1) is 0 Å². The Morgan fingerprint density at radius 1 is 0.842 bits per heavy atom. The Balaban J connectivity index is 0. The largest absolute Gasteiger partial charge is 0.481 e. The molecular weight excluding hydrogens is 258 g/mol. The summed E-state index contributed by atoms with van der Waals surface area (Å²) in [7, 11) is 0. The van der Waals surface area contributed by atoms with Crippen molar-refractivity contribution in [3.05, 3.63) is 0 Å². The Morgan fingerprint density at radius 2 is 1.11 bits per heavy atom. The van der Waals surface area contributed by atoms with Gasteiger partial charge in [0.1, 0.15) is 18.7 Å². The summed E-state index contributed by atoms with van der Waals surface area (Å²) in [6.07, 6.45) is -2.41. The van der Waals surface area contributed by atoms with Gasteiger partial charge in [-0.25, -0.2) is 4.90 Å². The summed E-state index contributed by atoms with van der Waals surface area (Å²) in [5.74, 6) is -1.90. The molecule has 0 bridgehead atoms. The number of aliphatic carboxylic acids is 2. The fraction of sp³-hybridized carbons (Fsp3) is 0.818. The SMILES string of the molecule is CC(O)N(C(C)O)C(C)O.O=C(O)CCCC(=O)O. The van der Waals surface area contributed by atoms with Gasteiger partial charge in [0.05, 0.1) is 0 Å². The highest BCUT2D eigenvalue weighted by Crippen LogP contribution is 2.04. The molecule has 0 aliphatic carbocycles. The Hall–Kier alpha value is -1.22. The fourth-order valence-electron chi connectivity index (χ4n) is 1.33. The van der Waals surface area contributed by atoms with Crippen LogP contribution >= 0.6 is 0 Å². The molecule has 8 heteroatoms. The lowest BCUT2D eigenvalue weighted by atomic mass is 10.2. The average molecular weight is 281 g/mol. The molecule has 0 aliphatic heterocycles. The van der Waals surface area contributed by atoms with E-state index in [-0.39, 0.29) is 19.3 Å². The first kappa shape index (κ1) is 20.1. The Kier molecular flexibility index (Phi) is 11.3. The molecule has 5 N–H and O–H groups in total. The van der Waals surface area contributed by atoms with Crippen molar-refractivity contribution in [2.75, 3.05) is 0 Å². The predicted octanol–water partition coefficient (Wildman–Crippen LogP) is -0.371. The quantitative estimate of drug-likeness (QED) is 0.398. The van der Waals surface area contributed by atoms with Crippen LogP contribution in [-0.4, -0.2) is 61.1 Å². The first-order valence-corrected chi connectivity index (χ1v) is 5.84. The van der Waals surface area contributed by atoms with Crippen LogP contribution in [0.5, 0.6) is 0 Å². The van der Waals surface area contributed by atoms with E-state index < -0.39 is 30.6 Å². The van der Waals surface area contributed by atoms with Gasteiger partial charge < -0.3 is 25.5 Å². The number of carboxylic acid groups (broad SMARTS) is 2. The van der Waals surface area contributed by atoms with Gasteiger partial charge in [0.15, 0.2) is 0 Å². The molecule has 0 amide bonds. The molecule has 0 radical (unpaired) electrons. The van der Waals surface area contributed by atoms with Crippen LogP contribution in [0, 0.1) is 0 Å². The van der Waals surface area contributed by atoms with E-state index >= 15 is 0 Å². The standard InChI is InChI=1S/C6H15NO3.C5H8O4/c1-4(8)7(5(2)9)6(3)10;6-4(7)2-1-3-5(8)9/h4-6,8-10H,1-3H3;1-3H2,(H,6,7)(H,8,9).